The van der Waals surface area contributed by atoms with Crippen LogP contribution in [-0.2, 0) is 0 Å². The van der Waals surface area contributed by atoms with Crippen molar-refractivity contribution < 1.29 is 0 Å². The van der Waals surface area contributed by atoms with Crippen molar-refractivity contribution in [2.75, 3.05) is 5.32 Å². The lowest BCUT2D eigenvalue weighted by molar-refractivity contribution is 1.44. The van der Waals surface area contributed by atoms with Gasteiger partial charge in [-0.15, -0.1) is 0 Å². The topological polar surface area (TPSA) is 12.0 Å². The molecule has 24 heavy (non-hydrogen) atoms. The highest BCUT2D eigenvalue weighted by Crippen LogP contribution is 2.40. The second kappa shape index (κ2) is 6.01. The Morgan fingerprint density at radius 3 is 2.33 bits per heavy atom. The molecule has 0 aliphatic rings. The maximum absolute atomic E-state index is 6.54. The van der Waals surface area contributed by atoms with Gasteiger partial charge >= 0.3 is 0 Å². The summed E-state index contributed by atoms with van der Waals surface area (Å²) in [7, 11) is 0. The highest BCUT2D eigenvalue weighted by molar-refractivity contribution is 6.40. The smallest absolute Gasteiger partial charge is 0.0559 e. The van der Waals surface area contributed by atoms with Crippen LogP contribution in [-0.4, -0.2) is 0 Å². The minimum atomic E-state index is 0.727. The van der Waals surface area contributed by atoms with Gasteiger partial charge in [-0.1, -0.05) is 65.7 Å². The molecule has 4 aromatic rings. The first-order valence-corrected chi connectivity index (χ1v) is 8.53. The van der Waals surface area contributed by atoms with E-state index in [1.165, 1.54) is 5.56 Å². The minimum Gasteiger partial charge on any atom is -0.354 e. The lowest BCUT2D eigenvalue weighted by Gasteiger charge is -2.17. The molecule has 0 spiro atoms. The summed E-state index contributed by atoms with van der Waals surface area (Å²) >= 11 is 13.0. The predicted molar refractivity (Wildman–Crippen MR) is 106 cm³/mol. The summed E-state index contributed by atoms with van der Waals surface area (Å²) in [6, 6.07) is 22.2. The van der Waals surface area contributed by atoms with E-state index < -0.39 is 0 Å². The van der Waals surface area contributed by atoms with Crippen LogP contribution in [0.5, 0.6) is 0 Å². The maximum Gasteiger partial charge on any atom is 0.0559 e. The first kappa shape index (κ1) is 15.3. The van der Waals surface area contributed by atoms with E-state index in [9.17, 15) is 0 Å². The van der Waals surface area contributed by atoms with Gasteiger partial charge < -0.3 is 5.32 Å². The lowest BCUT2D eigenvalue weighted by atomic mass is 10.00. The summed E-state index contributed by atoms with van der Waals surface area (Å²) in [4.78, 5) is 0. The Bertz CT molecular complexity index is 1070. The van der Waals surface area contributed by atoms with Gasteiger partial charge in [-0.2, -0.15) is 0 Å². The van der Waals surface area contributed by atoms with E-state index in [1.54, 1.807) is 0 Å². The lowest BCUT2D eigenvalue weighted by Crippen LogP contribution is -1.96. The van der Waals surface area contributed by atoms with Gasteiger partial charge in [-0.3, -0.25) is 0 Å². The molecule has 0 saturated carbocycles. The molecule has 0 fully saturated rings. The molecule has 0 radical (unpaired) electrons. The summed E-state index contributed by atoms with van der Waals surface area (Å²) in [5.74, 6) is 0. The molecule has 1 N–H and O–H groups in total. The van der Waals surface area contributed by atoms with Crippen LogP contribution < -0.4 is 5.32 Å². The number of nitrogens with one attached hydrogen (secondary N) is 1. The van der Waals surface area contributed by atoms with Crippen LogP contribution in [0.3, 0.4) is 0 Å². The average Bonchev–Trinajstić information content (AvgIpc) is 2.57. The van der Waals surface area contributed by atoms with E-state index in [2.05, 4.69) is 42.6 Å². The van der Waals surface area contributed by atoms with Gasteiger partial charge in [0.2, 0.25) is 0 Å². The van der Waals surface area contributed by atoms with Crippen LogP contribution in [0, 0.1) is 6.92 Å². The SMILES string of the molecule is Cc1ccccc1Nc1c2cccc(Cl)c2cc2cccc(Cl)c12. The molecule has 0 aliphatic heterocycles. The zero-order valence-electron chi connectivity index (χ0n) is 13.1. The molecule has 0 bridgehead atoms. The van der Waals surface area contributed by atoms with Crippen LogP contribution in [0.15, 0.2) is 66.7 Å². The zero-order chi connectivity index (χ0) is 16.7. The van der Waals surface area contributed by atoms with E-state index in [1.807, 2.05) is 36.4 Å². The minimum absolute atomic E-state index is 0.727. The number of fused-ring (bicyclic) bond motifs is 2. The molecule has 4 rings (SSSR count). The third-order valence-corrected chi connectivity index (χ3v) is 4.97. The van der Waals surface area contributed by atoms with Crippen molar-refractivity contribution in [3.05, 3.63) is 82.3 Å². The summed E-state index contributed by atoms with van der Waals surface area (Å²) in [5.41, 5.74) is 3.23. The molecule has 0 heterocycles. The number of para-hydroxylation sites is 1. The van der Waals surface area contributed by atoms with Gasteiger partial charge in [-0.05, 0) is 42.1 Å². The third kappa shape index (κ3) is 2.50. The van der Waals surface area contributed by atoms with Crippen LogP contribution in [0.1, 0.15) is 5.56 Å². The monoisotopic (exact) mass is 351 g/mol. The first-order chi connectivity index (χ1) is 11.6. The number of hydrogen-bond donors (Lipinski definition) is 1. The Hall–Kier alpha value is -2.22. The molecular weight excluding hydrogens is 337 g/mol. The fourth-order valence-corrected chi connectivity index (χ4v) is 3.60. The number of anilines is 2. The fraction of sp³-hybridized carbons (Fsp3) is 0.0476. The Kier molecular flexibility index (Phi) is 3.84. The van der Waals surface area contributed by atoms with Gasteiger partial charge in [0.1, 0.15) is 0 Å². The quantitative estimate of drug-likeness (QED) is 0.372. The summed E-state index contributed by atoms with van der Waals surface area (Å²) in [6.07, 6.45) is 0. The van der Waals surface area contributed by atoms with E-state index in [0.29, 0.717) is 0 Å². The number of hydrogen-bond acceptors (Lipinski definition) is 1. The van der Waals surface area contributed by atoms with Crippen molar-refractivity contribution in [1.29, 1.82) is 0 Å². The molecular formula is C21H15Cl2N. The van der Waals surface area contributed by atoms with E-state index in [0.717, 1.165) is 43.0 Å². The van der Waals surface area contributed by atoms with Crippen LogP contribution in [0.25, 0.3) is 21.5 Å². The van der Waals surface area contributed by atoms with Crippen LogP contribution in [0.2, 0.25) is 10.0 Å². The average molecular weight is 352 g/mol. The first-order valence-electron chi connectivity index (χ1n) is 7.77. The molecule has 0 saturated heterocycles. The molecule has 0 aliphatic carbocycles. The van der Waals surface area contributed by atoms with E-state index >= 15 is 0 Å². The normalized spacial score (nSPS) is 11.1. The molecule has 0 aromatic heterocycles. The van der Waals surface area contributed by atoms with Crippen molar-refractivity contribution in [2.24, 2.45) is 0 Å². The second-order valence-electron chi connectivity index (χ2n) is 5.86. The number of rotatable bonds is 2. The van der Waals surface area contributed by atoms with Crippen molar-refractivity contribution in [1.82, 2.24) is 0 Å². The van der Waals surface area contributed by atoms with Gasteiger partial charge in [0, 0.05) is 26.9 Å². The number of halogens is 2. The van der Waals surface area contributed by atoms with Crippen molar-refractivity contribution in [3.63, 3.8) is 0 Å². The summed E-state index contributed by atoms with van der Waals surface area (Å²) in [5, 5.41) is 9.21. The molecule has 0 amide bonds. The van der Waals surface area contributed by atoms with Gasteiger partial charge in [0.25, 0.3) is 0 Å². The van der Waals surface area contributed by atoms with Gasteiger partial charge in [-0.25, -0.2) is 0 Å². The number of aryl methyl sites for hydroxylation is 1. The predicted octanol–water partition coefficient (Wildman–Crippen LogP) is 7.35. The fourth-order valence-electron chi connectivity index (χ4n) is 3.09. The molecule has 0 atom stereocenters. The van der Waals surface area contributed by atoms with Crippen LogP contribution in [0.4, 0.5) is 11.4 Å². The highest BCUT2D eigenvalue weighted by Gasteiger charge is 2.13. The molecule has 118 valence electrons. The second-order valence-corrected chi connectivity index (χ2v) is 6.68. The highest BCUT2D eigenvalue weighted by atomic mass is 35.5. The Balaban J connectivity index is 2.10. The molecule has 3 heteroatoms. The zero-order valence-corrected chi connectivity index (χ0v) is 14.6. The Morgan fingerprint density at radius 1 is 0.750 bits per heavy atom. The standard InChI is InChI=1S/C21H15Cl2N/c1-13-6-2-3-11-19(13)24-21-15-8-5-9-17(22)16(15)12-14-7-4-10-18(23)20(14)21/h2-12,24H,1H3. The summed E-state index contributed by atoms with van der Waals surface area (Å²) in [6.45, 7) is 2.09. The largest absolute Gasteiger partial charge is 0.354 e. The van der Waals surface area contributed by atoms with E-state index in [4.69, 9.17) is 23.2 Å². The van der Waals surface area contributed by atoms with Crippen molar-refractivity contribution >= 4 is 56.1 Å². The van der Waals surface area contributed by atoms with Crippen molar-refractivity contribution in [2.45, 2.75) is 6.92 Å². The van der Waals surface area contributed by atoms with Crippen LogP contribution >= 0.6 is 23.2 Å². The Morgan fingerprint density at radius 2 is 1.50 bits per heavy atom. The van der Waals surface area contributed by atoms with Gasteiger partial charge in [0.05, 0.1) is 10.7 Å². The number of benzene rings is 4. The molecule has 4 aromatic carbocycles. The molecule has 0 unspecified atom stereocenters. The maximum atomic E-state index is 6.54. The molecule has 1 nitrogen and oxygen atoms in total. The van der Waals surface area contributed by atoms with E-state index in [-0.39, 0.29) is 0 Å². The third-order valence-electron chi connectivity index (χ3n) is 4.32. The Labute approximate surface area is 150 Å². The summed E-state index contributed by atoms with van der Waals surface area (Å²) < 4.78 is 0. The van der Waals surface area contributed by atoms with Crippen molar-refractivity contribution in [3.8, 4) is 0 Å². The van der Waals surface area contributed by atoms with Gasteiger partial charge in [0.15, 0.2) is 0 Å².